The van der Waals surface area contributed by atoms with Crippen LogP contribution in [0.1, 0.15) is 4.88 Å². The Morgan fingerprint density at radius 1 is 1.10 bits per heavy atom. The number of thioether (sulfide) groups is 1. The molecule has 0 unspecified atom stereocenters. The largest absolute Gasteiger partial charge is 0.383 e. The minimum Gasteiger partial charge on any atom is -0.383 e. The number of nitrogens with zero attached hydrogens (tertiary/aromatic N) is 2. The number of amides is 1. The van der Waals surface area contributed by atoms with Gasteiger partial charge in [0.05, 0.1) is 28.0 Å². The van der Waals surface area contributed by atoms with Gasteiger partial charge in [-0.3, -0.25) is 9.69 Å². The minimum absolute atomic E-state index is 0.0444. The molecule has 2 heterocycles. The molecule has 4 rings (SSSR count). The van der Waals surface area contributed by atoms with E-state index in [4.69, 9.17) is 16.3 Å². The number of aliphatic imine (C=N–C) groups is 1. The fourth-order valence-electron chi connectivity index (χ4n) is 2.80. The molecule has 0 aliphatic carbocycles. The van der Waals surface area contributed by atoms with Crippen molar-refractivity contribution in [2.45, 2.75) is 9.10 Å². The van der Waals surface area contributed by atoms with E-state index in [1.807, 2.05) is 66.7 Å². The van der Waals surface area contributed by atoms with Crippen LogP contribution in [0.4, 0.5) is 5.69 Å². The van der Waals surface area contributed by atoms with Crippen LogP contribution in [-0.4, -0.2) is 36.2 Å². The molecule has 0 saturated carbocycles. The standard InChI is InChI=1S/C23H19ClN2O2S3/c1-28-14-13-26-22(27)20(31-23(26)25-17-5-3-2-4-6-17)15-19-11-12-21(30-19)29-18-9-7-16(24)8-10-18/h2-12,15H,13-14H2,1H3/b20-15-,25-23?. The van der Waals surface area contributed by atoms with Crippen LogP contribution in [0.2, 0.25) is 5.02 Å². The van der Waals surface area contributed by atoms with Gasteiger partial charge in [-0.1, -0.05) is 41.6 Å². The van der Waals surface area contributed by atoms with E-state index in [1.165, 1.54) is 11.8 Å². The number of halogens is 1. The van der Waals surface area contributed by atoms with Crippen molar-refractivity contribution < 1.29 is 9.53 Å². The van der Waals surface area contributed by atoms with E-state index in [2.05, 4.69) is 11.1 Å². The molecule has 3 aromatic rings. The Morgan fingerprint density at radius 2 is 1.87 bits per heavy atom. The smallest absolute Gasteiger partial charge is 0.266 e. The molecule has 1 saturated heterocycles. The van der Waals surface area contributed by atoms with Crippen molar-refractivity contribution >= 4 is 69.3 Å². The molecule has 1 aliphatic rings. The highest BCUT2D eigenvalue weighted by molar-refractivity contribution is 8.18. The highest BCUT2D eigenvalue weighted by Crippen LogP contribution is 2.38. The summed E-state index contributed by atoms with van der Waals surface area (Å²) in [6.45, 7) is 0.918. The minimum atomic E-state index is -0.0444. The number of amidine groups is 1. The van der Waals surface area contributed by atoms with Crippen molar-refractivity contribution in [1.29, 1.82) is 0 Å². The summed E-state index contributed by atoms with van der Waals surface area (Å²) < 4.78 is 6.34. The van der Waals surface area contributed by atoms with E-state index in [9.17, 15) is 4.79 Å². The molecule has 4 nitrogen and oxygen atoms in total. The van der Waals surface area contributed by atoms with Gasteiger partial charge in [0.25, 0.3) is 5.91 Å². The molecule has 31 heavy (non-hydrogen) atoms. The van der Waals surface area contributed by atoms with Crippen molar-refractivity contribution in [1.82, 2.24) is 4.90 Å². The first-order valence-corrected chi connectivity index (χ1v) is 12.3. The lowest BCUT2D eigenvalue weighted by atomic mass is 10.3. The SMILES string of the molecule is COCCN1C(=O)/C(=C/c2ccc(Sc3ccc(Cl)cc3)s2)SC1=Nc1ccccc1. The van der Waals surface area contributed by atoms with Crippen LogP contribution in [0, 0.1) is 0 Å². The Hall–Kier alpha value is -2.03. The van der Waals surface area contributed by atoms with E-state index in [0.29, 0.717) is 23.2 Å². The van der Waals surface area contributed by atoms with Gasteiger partial charge in [-0.05, 0) is 66.4 Å². The summed E-state index contributed by atoms with van der Waals surface area (Å²) in [4.78, 5) is 22.2. The number of methoxy groups -OCH3 is 1. The first-order chi connectivity index (χ1) is 15.1. The normalized spacial score (nSPS) is 16.6. The predicted octanol–water partition coefficient (Wildman–Crippen LogP) is 6.80. The quantitative estimate of drug-likeness (QED) is 0.344. The summed E-state index contributed by atoms with van der Waals surface area (Å²) in [7, 11) is 1.63. The monoisotopic (exact) mass is 486 g/mol. The molecule has 0 bridgehead atoms. The molecular formula is C23H19ClN2O2S3. The van der Waals surface area contributed by atoms with Crippen LogP contribution in [0.15, 0.2) is 85.7 Å². The second-order valence-corrected chi connectivity index (χ2v) is 10.4. The Kier molecular flexibility index (Phi) is 7.53. The number of para-hydroxylation sites is 1. The first-order valence-electron chi connectivity index (χ1n) is 9.50. The van der Waals surface area contributed by atoms with Crippen LogP contribution in [0.25, 0.3) is 6.08 Å². The van der Waals surface area contributed by atoms with Gasteiger partial charge in [0.1, 0.15) is 0 Å². The van der Waals surface area contributed by atoms with Gasteiger partial charge >= 0.3 is 0 Å². The fourth-order valence-corrected chi connectivity index (χ4v) is 6.08. The van der Waals surface area contributed by atoms with E-state index < -0.39 is 0 Å². The number of hydrogen-bond donors (Lipinski definition) is 0. The molecule has 0 spiro atoms. The van der Waals surface area contributed by atoms with Gasteiger partial charge in [0, 0.05) is 21.9 Å². The van der Waals surface area contributed by atoms with Gasteiger partial charge in [-0.15, -0.1) is 11.3 Å². The van der Waals surface area contributed by atoms with Gasteiger partial charge < -0.3 is 4.74 Å². The van der Waals surface area contributed by atoms with Crippen LogP contribution in [0.3, 0.4) is 0 Å². The molecule has 2 aromatic carbocycles. The topological polar surface area (TPSA) is 41.9 Å². The molecule has 0 N–H and O–H groups in total. The van der Waals surface area contributed by atoms with Gasteiger partial charge in [-0.2, -0.15) is 0 Å². The zero-order valence-corrected chi connectivity index (χ0v) is 19.9. The Bertz CT molecular complexity index is 1110. The van der Waals surface area contributed by atoms with E-state index in [0.717, 1.165) is 24.7 Å². The lowest BCUT2D eigenvalue weighted by Gasteiger charge is -2.14. The van der Waals surface area contributed by atoms with Gasteiger partial charge in [0.2, 0.25) is 0 Å². The summed E-state index contributed by atoms with van der Waals surface area (Å²) in [6.07, 6.45) is 1.94. The van der Waals surface area contributed by atoms with Gasteiger partial charge in [0.15, 0.2) is 5.17 Å². The molecule has 1 aliphatic heterocycles. The number of carbonyl (C=O) groups excluding carboxylic acids is 1. The molecule has 1 amide bonds. The maximum Gasteiger partial charge on any atom is 0.266 e. The van der Waals surface area contributed by atoms with E-state index in [-0.39, 0.29) is 5.91 Å². The van der Waals surface area contributed by atoms with Crippen molar-refractivity contribution in [3.63, 3.8) is 0 Å². The Labute approximate surface area is 199 Å². The molecule has 0 radical (unpaired) electrons. The third-order valence-corrected chi connectivity index (χ3v) is 7.73. The number of benzene rings is 2. The average molecular weight is 487 g/mol. The Balaban J connectivity index is 1.54. The zero-order valence-electron chi connectivity index (χ0n) is 16.7. The van der Waals surface area contributed by atoms with Crippen molar-refractivity contribution in [3.05, 3.63) is 81.5 Å². The summed E-state index contributed by atoms with van der Waals surface area (Å²) in [6, 6.07) is 21.5. The van der Waals surface area contributed by atoms with Crippen LogP contribution < -0.4 is 0 Å². The summed E-state index contributed by atoms with van der Waals surface area (Å²) in [5.74, 6) is -0.0444. The van der Waals surface area contributed by atoms with Crippen molar-refractivity contribution in [2.24, 2.45) is 4.99 Å². The van der Waals surface area contributed by atoms with E-state index in [1.54, 1.807) is 35.1 Å². The zero-order chi connectivity index (χ0) is 21.6. The highest BCUT2D eigenvalue weighted by Gasteiger charge is 2.33. The third-order valence-electron chi connectivity index (χ3n) is 4.30. The predicted molar refractivity (Wildman–Crippen MR) is 133 cm³/mol. The van der Waals surface area contributed by atoms with Crippen LogP contribution in [-0.2, 0) is 9.53 Å². The maximum atomic E-state index is 13.0. The number of thiophene rings is 1. The summed E-state index contributed by atoms with van der Waals surface area (Å²) in [5, 5.41) is 1.40. The number of ether oxygens (including phenoxy) is 1. The van der Waals surface area contributed by atoms with Crippen LogP contribution >= 0.6 is 46.5 Å². The Morgan fingerprint density at radius 3 is 2.61 bits per heavy atom. The van der Waals surface area contributed by atoms with Crippen molar-refractivity contribution in [3.8, 4) is 0 Å². The molecular weight excluding hydrogens is 468 g/mol. The third kappa shape index (κ3) is 5.81. The summed E-state index contributed by atoms with van der Waals surface area (Å²) in [5.41, 5.74) is 0.819. The molecule has 1 fully saturated rings. The molecule has 158 valence electrons. The maximum absolute atomic E-state index is 13.0. The molecule has 0 atom stereocenters. The van der Waals surface area contributed by atoms with E-state index >= 15 is 0 Å². The molecule has 8 heteroatoms. The average Bonchev–Trinajstić information content (AvgIpc) is 3.33. The lowest BCUT2D eigenvalue weighted by Crippen LogP contribution is -2.32. The number of hydrogen-bond acceptors (Lipinski definition) is 6. The fraction of sp³-hybridized carbons (Fsp3) is 0.130. The second-order valence-electron chi connectivity index (χ2n) is 6.50. The molecule has 1 aromatic heterocycles. The lowest BCUT2D eigenvalue weighted by molar-refractivity contribution is -0.122. The first kappa shape index (κ1) is 22.2. The number of carbonyl (C=O) groups is 1. The highest BCUT2D eigenvalue weighted by atomic mass is 35.5. The van der Waals surface area contributed by atoms with Crippen LogP contribution in [0.5, 0.6) is 0 Å². The number of rotatable bonds is 7. The van der Waals surface area contributed by atoms with Gasteiger partial charge in [-0.25, -0.2) is 4.99 Å². The van der Waals surface area contributed by atoms with Crippen molar-refractivity contribution in [2.75, 3.05) is 20.3 Å². The second kappa shape index (κ2) is 10.5. The summed E-state index contributed by atoms with van der Waals surface area (Å²) >= 11 is 10.7.